The molecule has 0 spiro atoms. The molecule has 0 aromatic heterocycles. The molecule has 1 saturated heterocycles. The topological polar surface area (TPSA) is 62.3 Å². The lowest BCUT2D eigenvalue weighted by Gasteiger charge is -2.27. The average Bonchev–Trinajstić information content (AvgIpc) is 2.56. The molecule has 0 saturated carbocycles. The van der Waals surface area contributed by atoms with Gasteiger partial charge in [0, 0.05) is 19.0 Å². The molecule has 2 atom stereocenters. The zero-order valence-electron chi connectivity index (χ0n) is 11.6. The van der Waals surface area contributed by atoms with Crippen molar-refractivity contribution in [3.05, 3.63) is 0 Å². The summed E-state index contributed by atoms with van der Waals surface area (Å²) in [5.41, 5.74) is 5.55. The van der Waals surface area contributed by atoms with Crippen LogP contribution in [0.25, 0.3) is 0 Å². The van der Waals surface area contributed by atoms with Gasteiger partial charge in [-0.25, -0.2) is 0 Å². The Balaban J connectivity index is 2.40. The van der Waals surface area contributed by atoms with E-state index in [2.05, 4.69) is 25.7 Å². The first-order chi connectivity index (χ1) is 7.84. The van der Waals surface area contributed by atoms with Crippen LogP contribution in [0, 0.1) is 11.3 Å². The maximum atomic E-state index is 7.44. The molecular formula is C13H27N3O. The van der Waals surface area contributed by atoms with Crippen LogP contribution in [0.1, 0.15) is 40.5 Å². The van der Waals surface area contributed by atoms with Crippen LogP contribution in [-0.2, 0) is 4.74 Å². The van der Waals surface area contributed by atoms with E-state index in [1.165, 1.54) is 0 Å². The third-order valence-electron chi connectivity index (χ3n) is 3.53. The third kappa shape index (κ3) is 4.64. The minimum Gasteiger partial charge on any atom is -0.387 e. The summed E-state index contributed by atoms with van der Waals surface area (Å²) in [6, 6.07) is 0. The first-order valence-electron chi connectivity index (χ1n) is 6.58. The molecule has 0 aromatic rings. The molecule has 3 N–H and O–H groups in total. The van der Waals surface area contributed by atoms with E-state index in [4.69, 9.17) is 15.9 Å². The molecule has 4 nitrogen and oxygen atoms in total. The summed E-state index contributed by atoms with van der Waals surface area (Å²) in [7, 11) is 0. The second-order valence-electron chi connectivity index (χ2n) is 5.75. The number of likely N-dealkylation sites (N-methyl/N-ethyl adjacent to an activating group) is 1. The highest BCUT2D eigenvalue weighted by Gasteiger charge is 2.32. The number of ether oxygens (including phenoxy) is 1. The molecule has 0 radical (unpaired) electrons. The number of amidine groups is 1. The maximum absolute atomic E-state index is 7.44. The van der Waals surface area contributed by atoms with Crippen molar-refractivity contribution in [1.29, 1.82) is 5.41 Å². The molecule has 0 aromatic carbocycles. The van der Waals surface area contributed by atoms with E-state index < -0.39 is 0 Å². The predicted octanol–water partition coefficient (Wildman–Crippen LogP) is 1.84. The lowest BCUT2D eigenvalue weighted by molar-refractivity contribution is -0.0287. The average molecular weight is 241 g/mol. The van der Waals surface area contributed by atoms with Gasteiger partial charge < -0.3 is 15.4 Å². The Labute approximate surface area is 105 Å². The summed E-state index contributed by atoms with van der Waals surface area (Å²) in [5, 5.41) is 7.44. The molecule has 0 aliphatic carbocycles. The zero-order valence-corrected chi connectivity index (χ0v) is 11.6. The molecule has 4 heteroatoms. The highest BCUT2D eigenvalue weighted by molar-refractivity contribution is 5.79. The fraction of sp³-hybridized carbons (Fsp3) is 0.923. The quantitative estimate of drug-likeness (QED) is 0.551. The smallest absolute Gasteiger partial charge is 0.0947 e. The lowest BCUT2D eigenvalue weighted by atomic mass is 10.1. The molecule has 1 heterocycles. The second-order valence-corrected chi connectivity index (χ2v) is 5.75. The summed E-state index contributed by atoms with van der Waals surface area (Å²) in [5.74, 6) is 0.403. The van der Waals surface area contributed by atoms with Crippen molar-refractivity contribution in [3.8, 4) is 0 Å². The highest BCUT2D eigenvalue weighted by Crippen LogP contribution is 2.29. The van der Waals surface area contributed by atoms with E-state index in [1.54, 1.807) is 0 Å². The second kappa shape index (κ2) is 5.83. The molecule has 17 heavy (non-hydrogen) atoms. The van der Waals surface area contributed by atoms with E-state index in [1.807, 2.05) is 6.92 Å². The molecule has 0 bridgehead atoms. The highest BCUT2D eigenvalue weighted by atomic mass is 16.5. The van der Waals surface area contributed by atoms with Crippen molar-refractivity contribution in [3.63, 3.8) is 0 Å². The Morgan fingerprint density at radius 3 is 2.65 bits per heavy atom. The Morgan fingerprint density at radius 2 is 2.24 bits per heavy atom. The van der Waals surface area contributed by atoms with Gasteiger partial charge in [-0.15, -0.1) is 0 Å². The van der Waals surface area contributed by atoms with Crippen LogP contribution in [0.5, 0.6) is 0 Å². The van der Waals surface area contributed by atoms with Crippen molar-refractivity contribution in [2.24, 2.45) is 11.7 Å². The first kappa shape index (κ1) is 14.5. The standard InChI is InChI=1S/C13H27N3O/c1-5-16(8-10(2)12(14)15)9-11-6-7-13(3,4)17-11/h10-11H,5-9H2,1-4H3,(H3,14,15). The summed E-state index contributed by atoms with van der Waals surface area (Å²) in [6.07, 6.45) is 2.61. The van der Waals surface area contributed by atoms with Crippen molar-refractivity contribution in [2.45, 2.75) is 52.2 Å². The number of nitrogens with two attached hydrogens (primary N) is 1. The third-order valence-corrected chi connectivity index (χ3v) is 3.53. The fourth-order valence-corrected chi connectivity index (χ4v) is 2.31. The van der Waals surface area contributed by atoms with Crippen LogP contribution in [0.4, 0.5) is 0 Å². The minimum atomic E-state index is 0.0380. The predicted molar refractivity (Wildman–Crippen MR) is 71.4 cm³/mol. The number of nitrogens with zero attached hydrogens (tertiary/aromatic N) is 1. The van der Waals surface area contributed by atoms with Crippen LogP contribution < -0.4 is 5.73 Å². The number of nitrogens with one attached hydrogen (secondary N) is 1. The van der Waals surface area contributed by atoms with Crippen molar-refractivity contribution < 1.29 is 4.74 Å². The number of rotatable bonds is 6. The summed E-state index contributed by atoms with van der Waals surface area (Å²) < 4.78 is 6.00. The van der Waals surface area contributed by atoms with E-state index >= 15 is 0 Å². The lowest BCUT2D eigenvalue weighted by Crippen LogP contribution is -2.39. The van der Waals surface area contributed by atoms with Gasteiger partial charge >= 0.3 is 0 Å². The summed E-state index contributed by atoms with van der Waals surface area (Å²) >= 11 is 0. The van der Waals surface area contributed by atoms with Gasteiger partial charge in [0.15, 0.2) is 0 Å². The molecule has 1 aliphatic rings. The summed E-state index contributed by atoms with van der Waals surface area (Å²) in [6.45, 7) is 11.3. The SMILES string of the molecule is CCN(CC1CCC(C)(C)O1)CC(C)C(=N)N. The molecule has 0 amide bonds. The molecular weight excluding hydrogens is 214 g/mol. The summed E-state index contributed by atoms with van der Waals surface area (Å²) in [4.78, 5) is 2.33. The molecule has 100 valence electrons. The normalized spacial score (nSPS) is 25.1. The van der Waals surface area contributed by atoms with E-state index in [9.17, 15) is 0 Å². The molecule has 1 fully saturated rings. The Morgan fingerprint density at radius 1 is 1.59 bits per heavy atom. The van der Waals surface area contributed by atoms with Gasteiger partial charge in [0.1, 0.15) is 0 Å². The zero-order chi connectivity index (χ0) is 13.1. The van der Waals surface area contributed by atoms with Gasteiger partial charge in [-0.3, -0.25) is 5.41 Å². The van der Waals surface area contributed by atoms with Crippen LogP contribution >= 0.6 is 0 Å². The van der Waals surface area contributed by atoms with Gasteiger partial charge in [0.2, 0.25) is 0 Å². The fourth-order valence-electron chi connectivity index (χ4n) is 2.31. The van der Waals surface area contributed by atoms with Crippen LogP contribution in [0.3, 0.4) is 0 Å². The Bertz CT molecular complexity index is 265. The van der Waals surface area contributed by atoms with Gasteiger partial charge in [-0.05, 0) is 33.2 Å². The number of hydrogen-bond donors (Lipinski definition) is 2. The van der Waals surface area contributed by atoms with E-state index in [0.29, 0.717) is 6.10 Å². The van der Waals surface area contributed by atoms with Gasteiger partial charge in [0.05, 0.1) is 17.5 Å². The minimum absolute atomic E-state index is 0.0380. The van der Waals surface area contributed by atoms with E-state index in [0.717, 1.165) is 32.5 Å². The monoisotopic (exact) mass is 241 g/mol. The van der Waals surface area contributed by atoms with Crippen LogP contribution in [-0.4, -0.2) is 42.1 Å². The van der Waals surface area contributed by atoms with Crippen LogP contribution in [0.2, 0.25) is 0 Å². The molecule has 2 unspecified atom stereocenters. The number of hydrogen-bond acceptors (Lipinski definition) is 3. The first-order valence-corrected chi connectivity index (χ1v) is 6.58. The molecule has 1 rings (SSSR count). The van der Waals surface area contributed by atoms with Gasteiger partial charge in [-0.1, -0.05) is 13.8 Å². The van der Waals surface area contributed by atoms with Crippen molar-refractivity contribution >= 4 is 5.84 Å². The van der Waals surface area contributed by atoms with E-state index in [-0.39, 0.29) is 17.4 Å². The van der Waals surface area contributed by atoms with Crippen molar-refractivity contribution in [2.75, 3.05) is 19.6 Å². The largest absolute Gasteiger partial charge is 0.387 e. The van der Waals surface area contributed by atoms with Crippen LogP contribution in [0.15, 0.2) is 0 Å². The Hall–Kier alpha value is -0.610. The maximum Gasteiger partial charge on any atom is 0.0947 e. The van der Waals surface area contributed by atoms with Crippen molar-refractivity contribution in [1.82, 2.24) is 4.90 Å². The molecule has 1 aliphatic heterocycles. The van der Waals surface area contributed by atoms with Gasteiger partial charge in [0.25, 0.3) is 0 Å². The van der Waals surface area contributed by atoms with Gasteiger partial charge in [-0.2, -0.15) is 0 Å². The Kier molecular flexibility index (Phi) is 4.95.